The summed E-state index contributed by atoms with van der Waals surface area (Å²) >= 11 is 0. The van der Waals surface area contributed by atoms with Crippen LogP contribution in [0.2, 0.25) is 0 Å². The average Bonchev–Trinajstić information content (AvgIpc) is 2.63. The molecule has 0 unspecified atom stereocenters. The zero-order valence-corrected chi connectivity index (χ0v) is 18.4. The maximum absolute atomic E-state index is 5.90. The zero-order valence-electron chi connectivity index (χ0n) is 16.1. The van der Waals surface area contributed by atoms with E-state index in [1.165, 1.54) is 38.5 Å². The molecule has 6 heteroatoms. The highest BCUT2D eigenvalue weighted by Gasteiger charge is 2.21. The Bertz CT molecular complexity index is 355. The van der Waals surface area contributed by atoms with Crippen molar-refractivity contribution >= 4 is 29.9 Å². The second-order valence-corrected chi connectivity index (χ2v) is 7.19. The summed E-state index contributed by atoms with van der Waals surface area (Å²) in [6, 6.07) is 0.586. The molecule has 0 aromatic heterocycles. The van der Waals surface area contributed by atoms with Crippen LogP contribution in [0.1, 0.15) is 64.7 Å². The van der Waals surface area contributed by atoms with Crippen molar-refractivity contribution in [2.45, 2.75) is 76.9 Å². The number of rotatable bonds is 8. The minimum Gasteiger partial charge on any atom is -0.381 e. The molecular formula is C19H38IN3O2. The molecule has 2 N–H and O–H groups in total. The van der Waals surface area contributed by atoms with Crippen molar-refractivity contribution in [1.29, 1.82) is 0 Å². The van der Waals surface area contributed by atoms with Crippen LogP contribution in [-0.2, 0) is 9.47 Å². The van der Waals surface area contributed by atoms with Gasteiger partial charge >= 0.3 is 0 Å². The summed E-state index contributed by atoms with van der Waals surface area (Å²) in [5, 5.41) is 7.02. The smallest absolute Gasteiger partial charge is 0.191 e. The first-order chi connectivity index (χ1) is 11.8. The van der Waals surface area contributed by atoms with Crippen LogP contribution in [0.25, 0.3) is 0 Å². The molecule has 0 amide bonds. The van der Waals surface area contributed by atoms with E-state index in [1.54, 1.807) is 0 Å². The quantitative estimate of drug-likeness (QED) is 0.247. The van der Waals surface area contributed by atoms with Crippen LogP contribution >= 0.6 is 24.0 Å². The number of nitrogens with one attached hydrogen (secondary N) is 2. The van der Waals surface area contributed by atoms with Crippen LogP contribution < -0.4 is 10.6 Å². The Morgan fingerprint density at radius 2 is 1.84 bits per heavy atom. The number of nitrogens with zero attached hydrogens (tertiary/aromatic N) is 1. The monoisotopic (exact) mass is 467 g/mol. The van der Waals surface area contributed by atoms with E-state index in [9.17, 15) is 0 Å². The molecule has 0 spiro atoms. The van der Waals surface area contributed by atoms with Crippen LogP contribution in [0.15, 0.2) is 4.99 Å². The fourth-order valence-electron chi connectivity index (χ4n) is 3.76. The number of halogens is 1. The van der Waals surface area contributed by atoms with Gasteiger partial charge in [-0.1, -0.05) is 19.8 Å². The van der Waals surface area contributed by atoms with E-state index < -0.39 is 0 Å². The van der Waals surface area contributed by atoms with Gasteiger partial charge < -0.3 is 20.1 Å². The van der Waals surface area contributed by atoms with Crippen molar-refractivity contribution in [1.82, 2.24) is 10.6 Å². The maximum atomic E-state index is 5.90. The third kappa shape index (κ3) is 9.43. The number of guanidine groups is 1. The SMILES string of the molecule is CCCC1CCC(NC(=NC)NCCCOC2CCOCC2)CC1.I. The highest BCUT2D eigenvalue weighted by atomic mass is 127. The Hall–Kier alpha value is -0.0800. The van der Waals surface area contributed by atoms with Crippen LogP contribution in [0, 0.1) is 5.92 Å². The van der Waals surface area contributed by atoms with Gasteiger partial charge in [-0.25, -0.2) is 0 Å². The molecule has 2 aliphatic rings. The lowest BCUT2D eigenvalue weighted by Crippen LogP contribution is -2.45. The maximum Gasteiger partial charge on any atom is 0.191 e. The van der Waals surface area contributed by atoms with Gasteiger partial charge in [-0.05, 0) is 50.9 Å². The largest absolute Gasteiger partial charge is 0.381 e. The Kier molecular flexibility index (Phi) is 12.9. The number of ether oxygens (including phenoxy) is 2. The van der Waals surface area contributed by atoms with Crippen molar-refractivity contribution < 1.29 is 9.47 Å². The molecule has 25 heavy (non-hydrogen) atoms. The van der Waals surface area contributed by atoms with E-state index in [-0.39, 0.29) is 24.0 Å². The van der Waals surface area contributed by atoms with Gasteiger partial charge in [0.15, 0.2) is 5.96 Å². The molecule has 5 nitrogen and oxygen atoms in total. The summed E-state index contributed by atoms with van der Waals surface area (Å²) in [4.78, 5) is 4.36. The van der Waals surface area contributed by atoms with Crippen molar-refractivity contribution in [2.75, 3.05) is 33.4 Å². The predicted octanol–water partition coefficient (Wildman–Crippen LogP) is 3.71. The molecular weight excluding hydrogens is 429 g/mol. The zero-order chi connectivity index (χ0) is 17.0. The minimum absolute atomic E-state index is 0. The summed E-state index contributed by atoms with van der Waals surface area (Å²) in [7, 11) is 1.86. The van der Waals surface area contributed by atoms with Gasteiger partial charge in [0.25, 0.3) is 0 Å². The predicted molar refractivity (Wildman–Crippen MR) is 115 cm³/mol. The first kappa shape index (κ1) is 23.0. The van der Waals surface area contributed by atoms with Gasteiger partial charge in [-0.2, -0.15) is 0 Å². The van der Waals surface area contributed by atoms with Gasteiger partial charge in [0, 0.05) is 39.5 Å². The van der Waals surface area contributed by atoms with Crippen LogP contribution in [0.5, 0.6) is 0 Å². The van der Waals surface area contributed by atoms with E-state index in [4.69, 9.17) is 9.47 Å². The molecule has 1 saturated heterocycles. The Morgan fingerprint density at radius 1 is 1.12 bits per heavy atom. The molecule has 1 heterocycles. The summed E-state index contributed by atoms with van der Waals surface area (Å²) in [6.45, 7) is 5.71. The Morgan fingerprint density at radius 3 is 2.48 bits per heavy atom. The molecule has 1 aliphatic carbocycles. The minimum atomic E-state index is 0. The highest BCUT2D eigenvalue weighted by Crippen LogP contribution is 2.27. The molecule has 148 valence electrons. The third-order valence-electron chi connectivity index (χ3n) is 5.24. The van der Waals surface area contributed by atoms with Gasteiger partial charge in [0.05, 0.1) is 6.10 Å². The second kappa shape index (κ2) is 14.0. The van der Waals surface area contributed by atoms with Gasteiger partial charge in [-0.15, -0.1) is 24.0 Å². The molecule has 0 aromatic carbocycles. The molecule has 1 saturated carbocycles. The highest BCUT2D eigenvalue weighted by molar-refractivity contribution is 14.0. The fraction of sp³-hybridized carbons (Fsp3) is 0.947. The molecule has 0 radical (unpaired) electrons. The van der Waals surface area contributed by atoms with E-state index in [0.29, 0.717) is 12.1 Å². The standard InChI is InChI=1S/C19H37N3O2.HI/c1-3-5-16-6-8-17(9-7-16)22-19(20-2)21-12-4-13-24-18-10-14-23-15-11-18;/h16-18H,3-15H2,1-2H3,(H2,20,21,22);1H. The normalized spacial score (nSPS) is 25.3. The molecule has 0 aromatic rings. The third-order valence-corrected chi connectivity index (χ3v) is 5.24. The van der Waals surface area contributed by atoms with E-state index in [0.717, 1.165) is 57.5 Å². The lowest BCUT2D eigenvalue weighted by molar-refractivity contribution is -0.0320. The topological polar surface area (TPSA) is 54.9 Å². The second-order valence-electron chi connectivity index (χ2n) is 7.19. The van der Waals surface area contributed by atoms with Crippen LogP contribution in [-0.4, -0.2) is 51.5 Å². The summed E-state index contributed by atoms with van der Waals surface area (Å²) < 4.78 is 11.3. The van der Waals surface area contributed by atoms with E-state index in [2.05, 4.69) is 22.5 Å². The summed E-state index contributed by atoms with van der Waals surface area (Å²) in [5.41, 5.74) is 0. The fourth-order valence-corrected chi connectivity index (χ4v) is 3.76. The number of hydrogen-bond acceptors (Lipinski definition) is 3. The first-order valence-electron chi connectivity index (χ1n) is 9.98. The van der Waals surface area contributed by atoms with Crippen molar-refractivity contribution in [3.8, 4) is 0 Å². The molecule has 2 rings (SSSR count). The Labute approximate surface area is 171 Å². The molecule has 1 aliphatic heterocycles. The first-order valence-corrected chi connectivity index (χ1v) is 9.98. The van der Waals surface area contributed by atoms with E-state index in [1.807, 2.05) is 7.05 Å². The molecule has 2 fully saturated rings. The van der Waals surface area contributed by atoms with Crippen molar-refractivity contribution in [2.24, 2.45) is 10.9 Å². The van der Waals surface area contributed by atoms with Crippen molar-refractivity contribution in [3.05, 3.63) is 0 Å². The summed E-state index contributed by atoms with van der Waals surface area (Å²) in [6.07, 6.45) is 11.5. The number of aliphatic imine (C=N–C) groups is 1. The molecule has 0 atom stereocenters. The Balaban J connectivity index is 0.00000312. The van der Waals surface area contributed by atoms with Gasteiger partial charge in [0.1, 0.15) is 0 Å². The average molecular weight is 467 g/mol. The van der Waals surface area contributed by atoms with Crippen LogP contribution in [0.3, 0.4) is 0 Å². The van der Waals surface area contributed by atoms with Crippen LogP contribution in [0.4, 0.5) is 0 Å². The lowest BCUT2D eigenvalue weighted by Gasteiger charge is -2.30. The summed E-state index contributed by atoms with van der Waals surface area (Å²) in [5.74, 6) is 1.89. The molecule has 0 bridgehead atoms. The van der Waals surface area contributed by atoms with Gasteiger partial charge in [0.2, 0.25) is 0 Å². The van der Waals surface area contributed by atoms with Crippen molar-refractivity contribution in [3.63, 3.8) is 0 Å². The van der Waals surface area contributed by atoms with Gasteiger partial charge in [-0.3, -0.25) is 4.99 Å². The lowest BCUT2D eigenvalue weighted by atomic mass is 9.83. The number of hydrogen-bond donors (Lipinski definition) is 2. The van der Waals surface area contributed by atoms with E-state index >= 15 is 0 Å².